The van der Waals surface area contributed by atoms with Gasteiger partial charge in [0, 0.05) is 24.4 Å². The molecule has 3 saturated heterocycles. The number of rotatable bonds is 10. The van der Waals surface area contributed by atoms with Crippen LogP contribution in [0.2, 0.25) is 0 Å². The molecule has 0 aromatic rings. The van der Waals surface area contributed by atoms with E-state index in [2.05, 4.69) is 30.5 Å². The van der Waals surface area contributed by atoms with E-state index < -0.39 is 0 Å². The van der Waals surface area contributed by atoms with Crippen molar-refractivity contribution in [3.8, 4) is 0 Å². The van der Waals surface area contributed by atoms with Gasteiger partial charge in [0.1, 0.15) is 0 Å². The second-order valence-electron chi connectivity index (χ2n) is 7.25. The van der Waals surface area contributed by atoms with E-state index in [1.165, 1.54) is 70.2 Å². The molecule has 5 atom stereocenters. The molecule has 3 aliphatic rings. The van der Waals surface area contributed by atoms with Gasteiger partial charge in [-0.15, -0.1) is 0 Å². The minimum atomic E-state index is 0.699. The van der Waals surface area contributed by atoms with Crippen LogP contribution in [0.1, 0.15) is 65.2 Å². The first kappa shape index (κ1) is 17.6. The van der Waals surface area contributed by atoms with Crippen molar-refractivity contribution in [3.63, 3.8) is 0 Å². The Balaban J connectivity index is 1.57. The summed E-state index contributed by atoms with van der Waals surface area (Å²) in [5, 5.41) is 0.861. The van der Waals surface area contributed by atoms with Gasteiger partial charge in [-0.3, -0.25) is 4.90 Å². The third-order valence-electron chi connectivity index (χ3n) is 5.64. The number of fused-ring (bicyclic) bond motifs is 3. The number of piperidine rings is 3. The molecule has 2 unspecified atom stereocenters. The van der Waals surface area contributed by atoms with Crippen LogP contribution in [-0.2, 0) is 0 Å². The third-order valence-corrected chi connectivity index (χ3v) is 6.92. The van der Waals surface area contributed by atoms with Gasteiger partial charge in [0.15, 0.2) is 0 Å². The van der Waals surface area contributed by atoms with Gasteiger partial charge in [0.25, 0.3) is 0 Å². The number of unbranched alkanes of at least 4 members (excludes halogenated alkanes) is 3. The van der Waals surface area contributed by atoms with Crippen LogP contribution in [0.15, 0.2) is 0 Å². The van der Waals surface area contributed by atoms with Crippen LogP contribution in [0.3, 0.4) is 0 Å². The Morgan fingerprint density at radius 2 is 2.14 bits per heavy atom. The minimum Gasteiger partial charge on any atom is -0.329 e. The summed E-state index contributed by atoms with van der Waals surface area (Å²) in [6.07, 6.45) is 11.3. The normalized spacial score (nSPS) is 33.3. The maximum atomic E-state index is 5.90. The van der Waals surface area contributed by atoms with Crippen molar-refractivity contribution < 1.29 is 0 Å². The third kappa shape index (κ3) is 5.44. The molecule has 0 radical (unpaired) electrons. The molecule has 124 valence electrons. The lowest BCUT2D eigenvalue weighted by Crippen LogP contribution is -2.55. The van der Waals surface area contributed by atoms with Crippen molar-refractivity contribution >= 4 is 11.8 Å². The maximum absolute atomic E-state index is 5.90. The van der Waals surface area contributed by atoms with E-state index in [-0.39, 0.29) is 0 Å². The van der Waals surface area contributed by atoms with E-state index in [0.717, 1.165) is 23.6 Å². The lowest BCUT2D eigenvalue weighted by Gasteiger charge is -2.49. The molecular formula is C18H36N2S. The van der Waals surface area contributed by atoms with Crippen LogP contribution in [0.25, 0.3) is 0 Å². The second-order valence-corrected chi connectivity index (χ2v) is 8.79. The molecule has 21 heavy (non-hydrogen) atoms. The van der Waals surface area contributed by atoms with Gasteiger partial charge in [0.05, 0.1) is 0 Å². The standard InChI is InChI=1S/C18H36N2S/c1-3-4-5-6-7-15(2)21-11-9-17-14-20-10-8-16(17)12-18(20)13-19/h15-18H,3-14,19H2,1-2H3/t15?,16-,17-,18-/m0/s1. The Bertz CT molecular complexity index is 284. The highest BCUT2D eigenvalue weighted by Gasteiger charge is 2.38. The van der Waals surface area contributed by atoms with E-state index in [9.17, 15) is 0 Å². The number of hydrogen-bond donors (Lipinski definition) is 1. The van der Waals surface area contributed by atoms with Crippen LogP contribution < -0.4 is 5.73 Å². The summed E-state index contributed by atoms with van der Waals surface area (Å²) >= 11 is 2.22. The molecular weight excluding hydrogens is 276 g/mol. The van der Waals surface area contributed by atoms with E-state index in [4.69, 9.17) is 5.73 Å². The van der Waals surface area contributed by atoms with Gasteiger partial charge in [-0.25, -0.2) is 0 Å². The zero-order valence-electron chi connectivity index (χ0n) is 14.2. The van der Waals surface area contributed by atoms with Crippen LogP contribution in [-0.4, -0.2) is 41.6 Å². The van der Waals surface area contributed by atoms with E-state index in [0.29, 0.717) is 6.04 Å². The molecule has 3 heterocycles. The van der Waals surface area contributed by atoms with Crippen molar-refractivity contribution in [2.45, 2.75) is 76.5 Å². The zero-order valence-corrected chi connectivity index (χ0v) is 15.0. The van der Waals surface area contributed by atoms with Crippen molar-refractivity contribution in [2.75, 3.05) is 25.4 Å². The van der Waals surface area contributed by atoms with Crippen molar-refractivity contribution in [1.29, 1.82) is 0 Å². The average Bonchev–Trinajstić information content (AvgIpc) is 2.52. The molecule has 2 nitrogen and oxygen atoms in total. The second kappa shape index (κ2) is 9.42. The molecule has 3 fully saturated rings. The number of thioether (sulfide) groups is 1. The predicted octanol–water partition coefficient (Wildman–Crippen LogP) is 4.14. The number of nitrogens with two attached hydrogens (primary N) is 1. The molecule has 3 heteroatoms. The summed E-state index contributed by atoms with van der Waals surface area (Å²) < 4.78 is 0. The largest absolute Gasteiger partial charge is 0.329 e. The van der Waals surface area contributed by atoms with Crippen LogP contribution >= 0.6 is 11.8 Å². The zero-order chi connectivity index (χ0) is 15.1. The summed E-state index contributed by atoms with van der Waals surface area (Å²) in [5.74, 6) is 3.31. The summed E-state index contributed by atoms with van der Waals surface area (Å²) in [7, 11) is 0. The monoisotopic (exact) mass is 312 g/mol. The Hall–Kier alpha value is 0.270. The highest BCUT2D eigenvalue weighted by atomic mass is 32.2. The molecule has 0 aliphatic carbocycles. The molecule has 2 N–H and O–H groups in total. The smallest absolute Gasteiger partial charge is 0.0221 e. The fraction of sp³-hybridized carbons (Fsp3) is 1.00. The molecule has 0 spiro atoms. The quantitative estimate of drug-likeness (QED) is 0.615. The van der Waals surface area contributed by atoms with Gasteiger partial charge >= 0.3 is 0 Å². The summed E-state index contributed by atoms with van der Waals surface area (Å²) in [6, 6.07) is 0.699. The highest BCUT2D eigenvalue weighted by Crippen LogP contribution is 2.38. The summed E-state index contributed by atoms with van der Waals surface area (Å²) in [5.41, 5.74) is 5.90. The Morgan fingerprint density at radius 1 is 1.29 bits per heavy atom. The molecule has 0 aromatic heterocycles. The molecule has 0 aromatic carbocycles. The van der Waals surface area contributed by atoms with Crippen molar-refractivity contribution in [2.24, 2.45) is 17.6 Å². The van der Waals surface area contributed by atoms with Crippen molar-refractivity contribution in [3.05, 3.63) is 0 Å². The fourth-order valence-electron chi connectivity index (χ4n) is 4.18. The van der Waals surface area contributed by atoms with Gasteiger partial charge in [0.2, 0.25) is 0 Å². The Labute approximate surface area is 136 Å². The predicted molar refractivity (Wildman–Crippen MR) is 95.9 cm³/mol. The van der Waals surface area contributed by atoms with Crippen molar-refractivity contribution in [1.82, 2.24) is 4.90 Å². The van der Waals surface area contributed by atoms with Gasteiger partial charge < -0.3 is 5.73 Å². The Kier molecular flexibility index (Phi) is 7.90. The van der Waals surface area contributed by atoms with E-state index in [1.54, 1.807) is 0 Å². The summed E-state index contributed by atoms with van der Waals surface area (Å²) in [6.45, 7) is 8.23. The first-order valence-electron chi connectivity index (χ1n) is 9.30. The first-order valence-corrected chi connectivity index (χ1v) is 10.3. The lowest BCUT2D eigenvalue weighted by molar-refractivity contribution is 0.00415. The Morgan fingerprint density at radius 3 is 2.81 bits per heavy atom. The van der Waals surface area contributed by atoms with Crippen LogP contribution in [0.5, 0.6) is 0 Å². The number of nitrogens with zero attached hydrogens (tertiary/aromatic N) is 1. The molecule has 3 rings (SSSR count). The van der Waals surface area contributed by atoms with E-state index in [1.807, 2.05) is 0 Å². The van der Waals surface area contributed by atoms with Gasteiger partial charge in [-0.05, 0) is 49.8 Å². The first-order chi connectivity index (χ1) is 10.2. The molecule has 0 saturated carbocycles. The number of hydrogen-bond acceptors (Lipinski definition) is 3. The van der Waals surface area contributed by atoms with Crippen LogP contribution in [0.4, 0.5) is 0 Å². The lowest BCUT2D eigenvalue weighted by atomic mass is 9.74. The summed E-state index contributed by atoms with van der Waals surface area (Å²) in [4.78, 5) is 2.67. The molecule has 3 aliphatic heterocycles. The highest BCUT2D eigenvalue weighted by molar-refractivity contribution is 7.99. The fourth-order valence-corrected chi connectivity index (χ4v) is 5.36. The van der Waals surface area contributed by atoms with Crippen LogP contribution in [0, 0.1) is 11.8 Å². The van der Waals surface area contributed by atoms with Gasteiger partial charge in [-0.1, -0.05) is 39.5 Å². The SMILES string of the molecule is CCCCCCC(C)SCC[C@H]1CN2CC[C@H]1C[C@H]2CN. The molecule has 0 amide bonds. The average molecular weight is 313 g/mol. The minimum absolute atomic E-state index is 0.699. The van der Waals surface area contributed by atoms with Gasteiger partial charge in [-0.2, -0.15) is 11.8 Å². The topological polar surface area (TPSA) is 29.3 Å². The maximum Gasteiger partial charge on any atom is 0.0221 e. The van der Waals surface area contributed by atoms with E-state index >= 15 is 0 Å². The molecule has 2 bridgehead atoms.